The molecule has 0 aliphatic rings. The Kier molecular flexibility index (Phi) is 4.22. The second kappa shape index (κ2) is 6.32. The van der Waals surface area contributed by atoms with Crippen molar-refractivity contribution in [2.24, 2.45) is 7.05 Å². The Hall–Kier alpha value is -2.87. The Labute approximate surface area is 138 Å². The summed E-state index contributed by atoms with van der Waals surface area (Å²) in [4.78, 5) is 32.5. The predicted molar refractivity (Wildman–Crippen MR) is 93.9 cm³/mol. The van der Waals surface area contributed by atoms with Gasteiger partial charge in [0.05, 0.1) is 17.4 Å². The summed E-state index contributed by atoms with van der Waals surface area (Å²) in [5.41, 5.74) is 1.82. The van der Waals surface area contributed by atoms with E-state index < -0.39 is 5.69 Å². The molecule has 3 rings (SSSR count). The number of imidazole rings is 1. The van der Waals surface area contributed by atoms with Crippen LogP contribution in [0.3, 0.4) is 0 Å². The van der Waals surface area contributed by atoms with Crippen LogP contribution >= 0.6 is 0 Å². The van der Waals surface area contributed by atoms with E-state index in [-0.39, 0.29) is 5.56 Å². The second-order valence-corrected chi connectivity index (χ2v) is 5.96. The van der Waals surface area contributed by atoms with E-state index in [4.69, 9.17) is 0 Å². The Balaban J connectivity index is 1.86. The van der Waals surface area contributed by atoms with Crippen LogP contribution in [-0.2, 0) is 13.6 Å². The van der Waals surface area contributed by atoms with Crippen LogP contribution in [0.4, 0.5) is 11.5 Å². The molecule has 24 heavy (non-hydrogen) atoms. The molecule has 0 spiro atoms. The van der Waals surface area contributed by atoms with Crippen molar-refractivity contribution in [2.75, 3.05) is 26.0 Å². The summed E-state index contributed by atoms with van der Waals surface area (Å²) in [7, 11) is 5.50. The van der Waals surface area contributed by atoms with Gasteiger partial charge in [-0.2, -0.15) is 0 Å². The number of aromatic amines is 1. The number of H-pyrrole nitrogens is 1. The van der Waals surface area contributed by atoms with Gasteiger partial charge in [0.25, 0.3) is 5.56 Å². The van der Waals surface area contributed by atoms with Crippen molar-refractivity contribution in [3.8, 4) is 0 Å². The Morgan fingerprint density at radius 2 is 2.04 bits per heavy atom. The predicted octanol–water partition coefficient (Wildman–Crippen LogP) is 0.728. The first kappa shape index (κ1) is 16.0. The molecule has 3 aromatic rings. The number of fused-ring (bicyclic) bond motifs is 1. The molecule has 0 radical (unpaired) electrons. The van der Waals surface area contributed by atoms with Gasteiger partial charge in [-0.15, -0.1) is 0 Å². The Bertz CT molecular complexity index is 951. The minimum atomic E-state index is -0.459. The van der Waals surface area contributed by atoms with Crippen molar-refractivity contribution in [3.05, 3.63) is 51.4 Å². The number of anilines is 2. The lowest BCUT2D eigenvalue weighted by Crippen LogP contribution is -2.32. The number of hydrogen-bond donors (Lipinski definition) is 2. The molecule has 0 aliphatic heterocycles. The van der Waals surface area contributed by atoms with Crippen molar-refractivity contribution in [2.45, 2.75) is 6.54 Å². The average Bonchev–Trinajstić information content (AvgIpc) is 2.93. The normalized spacial score (nSPS) is 11.3. The fourth-order valence-corrected chi connectivity index (χ4v) is 2.41. The maximum absolute atomic E-state index is 11.7. The van der Waals surface area contributed by atoms with Gasteiger partial charge in [-0.1, -0.05) is 0 Å². The summed E-state index contributed by atoms with van der Waals surface area (Å²) in [5, 5.41) is 3.04. The van der Waals surface area contributed by atoms with Crippen LogP contribution in [0.1, 0.15) is 0 Å². The van der Waals surface area contributed by atoms with Crippen molar-refractivity contribution in [3.63, 3.8) is 0 Å². The highest BCUT2D eigenvalue weighted by atomic mass is 16.2. The standard InChI is InChI=1S/C16H20N6O2/c1-20(2)6-7-22-10-17-12-8-11(4-5-13(12)22)18-14-9-15(23)21(3)16(24)19-14/h4-5,8-10,18H,6-7H2,1-3H3,(H,19,24). The number of nitrogens with one attached hydrogen (secondary N) is 2. The van der Waals surface area contributed by atoms with Crippen molar-refractivity contribution < 1.29 is 0 Å². The van der Waals surface area contributed by atoms with Gasteiger partial charge in [0.1, 0.15) is 5.82 Å². The lowest BCUT2D eigenvalue weighted by Gasteiger charge is -2.11. The third kappa shape index (κ3) is 3.23. The number of likely N-dealkylation sites (N-methyl/N-ethyl adjacent to an activating group) is 1. The van der Waals surface area contributed by atoms with E-state index in [1.165, 1.54) is 13.1 Å². The molecule has 0 aliphatic carbocycles. The fraction of sp³-hybridized carbons (Fsp3) is 0.312. The third-order valence-corrected chi connectivity index (χ3v) is 3.83. The molecule has 8 heteroatoms. The van der Waals surface area contributed by atoms with E-state index in [2.05, 4.69) is 24.8 Å². The highest BCUT2D eigenvalue weighted by Crippen LogP contribution is 2.20. The molecular formula is C16H20N6O2. The van der Waals surface area contributed by atoms with Crippen LogP contribution in [0.2, 0.25) is 0 Å². The molecule has 0 saturated heterocycles. The Morgan fingerprint density at radius 1 is 1.25 bits per heavy atom. The first-order chi connectivity index (χ1) is 11.4. The summed E-state index contributed by atoms with van der Waals surface area (Å²) < 4.78 is 3.11. The zero-order valence-electron chi connectivity index (χ0n) is 13.9. The zero-order valence-corrected chi connectivity index (χ0v) is 13.9. The van der Waals surface area contributed by atoms with Crippen LogP contribution in [0.5, 0.6) is 0 Å². The van der Waals surface area contributed by atoms with Crippen LogP contribution in [0.25, 0.3) is 11.0 Å². The van der Waals surface area contributed by atoms with Gasteiger partial charge in [0.2, 0.25) is 0 Å². The van der Waals surface area contributed by atoms with E-state index in [0.29, 0.717) is 5.82 Å². The molecule has 126 valence electrons. The van der Waals surface area contributed by atoms with Gasteiger partial charge in [-0.05, 0) is 32.3 Å². The van der Waals surface area contributed by atoms with E-state index in [1.807, 2.05) is 38.6 Å². The maximum Gasteiger partial charge on any atom is 0.329 e. The first-order valence-electron chi connectivity index (χ1n) is 7.61. The quantitative estimate of drug-likeness (QED) is 0.721. The van der Waals surface area contributed by atoms with Crippen molar-refractivity contribution in [1.29, 1.82) is 0 Å². The molecule has 0 saturated carbocycles. The van der Waals surface area contributed by atoms with Gasteiger partial charge in [0.15, 0.2) is 0 Å². The lowest BCUT2D eigenvalue weighted by atomic mass is 10.2. The SMILES string of the molecule is CN(C)CCn1cnc2cc(Nc3cc(=O)n(C)c(=O)[nH]3)ccc21. The summed E-state index contributed by atoms with van der Waals surface area (Å²) in [6.07, 6.45) is 1.82. The summed E-state index contributed by atoms with van der Waals surface area (Å²) in [5.74, 6) is 0.356. The van der Waals surface area contributed by atoms with Crippen molar-refractivity contribution in [1.82, 2.24) is 24.0 Å². The molecule has 1 aromatic carbocycles. The number of benzene rings is 1. The van der Waals surface area contributed by atoms with E-state index in [1.54, 1.807) is 0 Å². The third-order valence-electron chi connectivity index (χ3n) is 3.83. The van der Waals surface area contributed by atoms with E-state index in [9.17, 15) is 9.59 Å². The number of hydrogen-bond acceptors (Lipinski definition) is 5. The fourth-order valence-electron chi connectivity index (χ4n) is 2.41. The largest absolute Gasteiger partial charge is 0.341 e. The number of rotatable bonds is 5. The van der Waals surface area contributed by atoms with Gasteiger partial charge >= 0.3 is 5.69 Å². The van der Waals surface area contributed by atoms with Gasteiger partial charge in [-0.25, -0.2) is 9.78 Å². The zero-order chi connectivity index (χ0) is 17.3. The van der Waals surface area contributed by atoms with Crippen LogP contribution in [0, 0.1) is 0 Å². The molecule has 0 amide bonds. The topological polar surface area (TPSA) is 87.9 Å². The highest BCUT2D eigenvalue weighted by molar-refractivity contribution is 5.80. The van der Waals surface area contributed by atoms with Crippen LogP contribution in [-0.4, -0.2) is 44.6 Å². The summed E-state index contributed by atoms with van der Waals surface area (Å²) in [6, 6.07) is 7.10. The van der Waals surface area contributed by atoms with Crippen LogP contribution < -0.4 is 16.6 Å². The molecule has 8 nitrogen and oxygen atoms in total. The minimum Gasteiger partial charge on any atom is -0.341 e. The average molecular weight is 328 g/mol. The molecule has 0 atom stereocenters. The minimum absolute atomic E-state index is 0.356. The lowest BCUT2D eigenvalue weighted by molar-refractivity contribution is 0.386. The maximum atomic E-state index is 11.7. The molecule has 2 N–H and O–H groups in total. The van der Waals surface area contributed by atoms with Gasteiger partial charge < -0.3 is 14.8 Å². The summed E-state index contributed by atoms with van der Waals surface area (Å²) in [6.45, 7) is 1.79. The first-order valence-corrected chi connectivity index (χ1v) is 7.61. The molecule has 0 unspecified atom stereocenters. The number of nitrogens with zero attached hydrogens (tertiary/aromatic N) is 4. The summed E-state index contributed by atoms with van der Waals surface area (Å²) >= 11 is 0. The van der Waals surface area contributed by atoms with Crippen LogP contribution in [0.15, 0.2) is 40.2 Å². The molecular weight excluding hydrogens is 308 g/mol. The van der Waals surface area contributed by atoms with E-state index in [0.717, 1.165) is 34.4 Å². The van der Waals surface area contributed by atoms with Crippen molar-refractivity contribution >= 4 is 22.5 Å². The van der Waals surface area contributed by atoms with Gasteiger partial charge in [0, 0.05) is 31.9 Å². The molecule has 2 aromatic heterocycles. The molecule has 0 fully saturated rings. The Morgan fingerprint density at radius 3 is 2.75 bits per heavy atom. The van der Waals surface area contributed by atoms with E-state index >= 15 is 0 Å². The highest BCUT2D eigenvalue weighted by Gasteiger charge is 2.06. The smallest absolute Gasteiger partial charge is 0.329 e. The molecule has 2 heterocycles. The number of aromatic nitrogens is 4. The second-order valence-electron chi connectivity index (χ2n) is 5.96. The molecule has 0 bridgehead atoms. The van der Waals surface area contributed by atoms with Gasteiger partial charge in [-0.3, -0.25) is 14.3 Å². The monoisotopic (exact) mass is 328 g/mol.